The molecule has 9 heteroatoms. The van der Waals surface area contributed by atoms with Gasteiger partial charge in [0.25, 0.3) is 15.9 Å². The number of likely N-dealkylation sites (N-methyl/N-ethyl adjacent to an activating group) is 1. The summed E-state index contributed by atoms with van der Waals surface area (Å²) in [5.41, 5.74) is 3.24. The second kappa shape index (κ2) is 10.0. The van der Waals surface area contributed by atoms with Gasteiger partial charge in [-0.15, -0.1) is 11.3 Å². The molecule has 2 N–H and O–H groups in total. The van der Waals surface area contributed by atoms with E-state index in [9.17, 15) is 13.2 Å². The molecule has 0 spiro atoms. The van der Waals surface area contributed by atoms with Crippen molar-refractivity contribution in [1.82, 2.24) is 9.80 Å². The fraction of sp³-hybridized carbons (Fsp3) is 0.292. The molecule has 2 aromatic carbocycles. The summed E-state index contributed by atoms with van der Waals surface area (Å²) in [6, 6.07) is 16.2. The van der Waals surface area contributed by atoms with E-state index in [4.69, 9.17) is 0 Å². The Hall–Kier alpha value is -2.72. The number of carbonyl (C=O) groups excluding carboxylic acids is 1. The Morgan fingerprint density at radius 3 is 2.45 bits per heavy atom. The maximum absolute atomic E-state index is 13.0. The minimum absolute atomic E-state index is 0.0285. The molecule has 1 aromatic heterocycles. The fourth-order valence-electron chi connectivity index (χ4n) is 3.71. The smallest absolute Gasteiger partial charge is 0.267 e. The highest BCUT2D eigenvalue weighted by Crippen LogP contribution is 2.26. The first kappa shape index (κ1) is 23.4. The lowest BCUT2D eigenvalue weighted by Gasteiger charge is -2.32. The number of nitrogens with zero attached hydrogens (tertiary/aromatic N) is 2. The first-order valence-electron chi connectivity index (χ1n) is 10.8. The number of carbonyl (C=O) groups is 1. The van der Waals surface area contributed by atoms with Gasteiger partial charge in [0, 0.05) is 44.1 Å². The third kappa shape index (κ3) is 6.00. The summed E-state index contributed by atoms with van der Waals surface area (Å²) in [4.78, 5) is 17.8. The first-order valence-corrected chi connectivity index (χ1v) is 13.1. The average molecular weight is 485 g/mol. The summed E-state index contributed by atoms with van der Waals surface area (Å²) in [6.07, 6.45) is 0. The van der Waals surface area contributed by atoms with Crippen LogP contribution in [0.1, 0.15) is 20.8 Å². The van der Waals surface area contributed by atoms with Crippen molar-refractivity contribution in [3.05, 3.63) is 76.0 Å². The summed E-state index contributed by atoms with van der Waals surface area (Å²) in [5, 5.41) is 4.48. The third-order valence-electron chi connectivity index (χ3n) is 5.62. The zero-order valence-corrected chi connectivity index (χ0v) is 20.4. The zero-order chi connectivity index (χ0) is 23.4. The van der Waals surface area contributed by atoms with Crippen LogP contribution >= 0.6 is 11.3 Å². The van der Waals surface area contributed by atoms with Gasteiger partial charge in [-0.05, 0) is 55.2 Å². The Balaban J connectivity index is 1.45. The summed E-state index contributed by atoms with van der Waals surface area (Å²) >= 11 is 1.11. The van der Waals surface area contributed by atoms with Crippen LogP contribution in [0.5, 0.6) is 0 Å². The van der Waals surface area contributed by atoms with Gasteiger partial charge in [-0.1, -0.05) is 29.8 Å². The normalized spacial score (nSPS) is 15.3. The van der Waals surface area contributed by atoms with E-state index in [1.807, 2.05) is 43.3 Å². The Labute approximate surface area is 199 Å². The van der Waals surface area contributed by atoms with E-state index in [0.717, 1.165) is 55.2 Å². The first-order chi connectivity index (χ1) is 15.8. The van der Waals surface area contributed by atoms with Gasteiger partial charge >= 0.3 is 0 Å². The number of piperazine rings is 1. The van der Waals surface area contributed by atoms with Crippen LogP contribution in [-0.2, 0) is 16.6 Å². The molecule has 4 rings (SSSR count). The van der Waals surface area contributed by atoms with Gasteiger partial charge in [-0.25, -0.2) is 8.42 Å². The molecule has 1 amide bonds. The topological polar surface area (TPSA) is 81.7 Å². The highest BCUT2D eigenvalue weighted by Gasteiger charge is 2.24. The Morgan fingerprint density at radius 1 is 1.00 bits per heavy atom. The molecule has 0 saturated carbocycles. The number of sulfonamides is 1. The fourth-order valence-corrected chi connectivity index (χ4v) is 6.09. The molecule has 174 valence electrons. The largest absolute Gasteiger partial charge is 0.321 e. The number of thiophene rings is 1. The van der Waals surface area contributed by atoms with Crippen molar-refractivity contribution in [1.29, 1.82) is 0 Å². The van der Waals surface area contributed by atoms with Gasteiger partial charge in [0.1, 0.15) is 9.77 Å². The lowest BCUT2D eigenvalue weighted by molar-refractivity contribution is 0.102. The van der Waals surface area contributed by atoms with E-state index < -0.39 is 15.9 Å². The third-order valence-corrected chi connectivity index (χ3v) is 8.08. The van der Waals surface area contributed by atoms with E-state index in [-0.39, 0.29) is 9.77 Å². The number of hydrogen-bond donors (Lipinski definition) is 2. The molecule has 1 aliphatic heterocycles. The van der Waals surface area contributed by atoms with Crippen LogP contribution in [0.4, 0.5) is 11.4 Å². The van der Waals surface area contributed by atoms with Crippen molar-refractivity contribution in [2.24, 2.45) is 0 Å². The summed E-state index contributed by atoms with van der Waals surface area (Å²) < 4.78 is 28.4. The minimum Gasteiger partial charge on any atom is -0.321 e. The Bertz CT molecular complexity index is 1210. The van der Waals surface area contributed by atoms with Gasteiger partial charge in [-0.2, -0.15) is 0 Å². The van der Waals surface area contributed by atoms with Crippen LogP contribution in [0, 0.1) is 6.92 Å². The lowest BCUT2D eigenvalue weighted by Crippen LogP contribution is -2.43. The van der Waals surface area contributed by atoms with Gasteiger partial charge < -0.3 is 10.2 Å². The number of nitrogens with one attached hydrogen (secondary N) is 2. The number of hydrogen-bond acceptors (Lipinski definition) is 6. The van der Waals surface area contributed by atoms with Crippen molar-refractivity contribution >= 4 is 38.6 Å². The molecule has 0 aliphatic carbocycles. The number of amides is 1. The van der Waals surface area contributed by atoms with Crippen molar-refractivity contribution in [3.63, 3.8) is 0 Å². The quantitative estimate of drug-likeness (QED) is 0.532. The summed E-state index contributed by atoms with van der Waals surface area (Å²) in [5.74, 6) is -0.439. The molecular weight excluding hydrogens is 456 g/mol. The number of rotatable bonds is 7. The van der Waals surface area contributed by atoms with Crippen molar-refractivity contribution in [2.75, 3.05) is 43.3 Å². The van der Waals surface area contributed by atoms with Gasteiger partial charge in [0.15, 0.2) is 0 Å². The lowest BCUT2D eigenvalue weighted by atomic mass is 10.1. The maximum Gasteiger partial charge on any atom is 0.267 e. The van der Waals surface area contributed by atoms with Gasteiger partial charge in [0.2, 0.25) is 0 Å². The average Bonchev–Trinajstić information content (AvgIpc) is 3.29. The van der Waals surface area contributed by atoms with Crippen LogP contribution in [0.15, 0.2) is 64.9 Å². The van der Waals surface area contributed by atoms with E-state index in [1.54, 1.807) is 17.5 Å². The second-order valence-corrected chi connectivity index (χ2v) is 10.9. The van der Waals surface area contributed by atoms with Crippen molar-refractivity contribution in [2.45, 2.75) is 18.4 Å². The standard InChI is InChI=1S/C24H28N4O3S2/c1-18-6-8-20(9-7-18)26-33(30,31)22-10-15-32-23(22)24(29)25-21-5-3-4-19(16-21)17-28-13-11-27(2)12-14-28/h3-10,15-16,26H,11-14,17H2,1-2H3,(H,25,29). The highest BCUT2D eigenvalue weighted by molar-refractivity contribution is 7.93. The zero-order valence-electron chi connectivity index (χ0n) is 18.7. The minimum atomic E-state index is -3.89. The molecule has 3 aromatic rings. The Morgan fingerprint density at radius 2 is 1.73 bits per heavy atom. The van der Waals surface area contributed by atoms with Crippen LogP contribution in [-0.4, -0.2) is 57.4 Å². The SMILES string of the molecule is Cc1ccc(NS(=O)(=O)c2ccsc2C(=O)Nc2cccc(CN3CCN(C)CC3)c2)cc1. The highest BCUT2D eigenvalue weighted by atomic mass is 32.2. The van der Waals surface area contributed by atoms with Gasteiger partial charge in [0.05, 0.1) is 0 Å². The molecule has 33 heavy (non-hydrogen) atoms. The summed E-state index contributed by atoms with van der Waals surface area (Å²) in [6.45, 7) is 6.86. The van der Waals surface area contributed by atoms with E-state index >= 15 is 0 Å². The number of anilines is 2. The van der Waals surface area contributed by atoms with Crippen LogP contribution in [0.25, 0.3) is 0 Å². The molecule has 7 nitrogen and oxygen atoms in total. The monoisotopic (exact) mass is 484 g/mol. The number of benzene rings is 2. The maximum atomic E-state index is 13.0. The van der Waals surface area contributed by atoms with Crippen LogP contribution < -0.4 is 10.0 Å². The molecule has 0 bridgehead atoms. The van der Waals surface area contributed by atoms with Crippen LogP contribution in [0.2, 0.25) is 0 Å². The number of aryl methyl sites for hydroxylation is 1. The van der Waals surface area contributed by atoms with E-state index in [2.05, 4.69) is 26.9 Å². The molecule has 1 fully saturated rings. The summed E-state index contributed by atoms with van der Waals surface area (Å²) in [7, 11) is -1.77. The van der Waals surface area contributed by atoms with Crippen LogP contribution in [0.3, 0.4) is 0 Å². The predicted molar refractivity (Wildman–Crippen MR) is 133 cm³/mol. The molecule has 1 saturated heterocycles. The Kier molecular flexibility index (Phi) is 7.14. The molecule has 0 radical (unpaired) electrons. The molecular formula is C24H28N4O3S2. The van der Waals surface area contributed by atoms with E-state index in [0.29, 0.717) is 11.4 Å². The van der Waals surface area contributed by atoms with Gasteiger partial charge in [-0.3, -0.25) is 14.4 Å². The van der Waals surface area contributed by atoms with Crippen molar-refractivity contribution in [3.8, 4) is 0 Å². The molecule has 0 atom stereocenters. The molecule has 0 unspecified atom stereocenters. The van der Waals surface area contributed by atoms with Crippen molar-refractivity contribution < 1.29 is 13.2 Å². The molecule has 1 aliphatic rings. The molecule has 2 heterocycles. The predicted octanol–water partition coefficient (Wildman–Crippen LogP) is 3.86. The second-order valence-electron chi connectivity index (χ2n) is 8.32. The van der Waals surface area contributed by atoms with E-state index in [1.165, 1.54) is 6.07 Å².